The number of fused-ring (bicyclic) bond motifs is 1. The summed E-state index contributed by atoms with van der Waals surface area (Å²) in [6.45, 7) is 5.51. The number of rotatable bonds is 1. The predicted molar refractivity (Wildman–Crippen MR) is 66.2 cm³/mol. The molecule has 0 bridgehead atoms. The maximum atomic E-state index is 11.4. The first kappa shape index (κ1) is 11.1. The number of hydrogen-bond acceptors (Lipinski definition) is 2. The van der Waals surface area contributed by atoms with Crippen molar-refractivity contribution < 1.29 is 4.79 Å². The molecule has 0 aliphatic heterocycles. The first-order valence-corrected chi connectivity index (χ1v) is 5.45. The van der Waals surface area contributed by atoms with Crippen LogP contribution >= 0.6 is 11.6 Å². The minimum Gasteiger partial charge on any atom is -0.294 e. The molecule has 0 saturated heterocycles. The first-order valence-electron chi connectivity index (χ1n) is 5.07. The highest BCUT2D eigenvalue weighted by atomic mass is 35.5. The van der Waals surface area contributed by atoms with E-state index in [2.05, 4.69) is 11.1 Å². The summed E-state index contributed by atoms with van der Waals surface area (Å²) in [6.07, 6.45) is 0. The van der Waals surface area contributed by atoms with Gasteiger partial charge in [-0.25, -0.2) is 4.98 Å². The Kier molecular flexibility index (Phi) is 2.68. The Morgan fingerprint density at radius 1 is 1.25 bits per heavy atom. The second-order valence-electron chi connectivity index (χ2n) is 4.04. The van der Waals surface area contributed by atoms with Crippen LogP contribution in [0.5, 0.6) is 0 Å². The number of Topliss-reactive ketones (excluding diaryl/α,β-unsaturated/α-hetero) is 1. The molecule has 0 N–H and O–H groups in total. The molecule has 0 fully saturated rings. The molecule has 82 valence electrons. The molecule has 1 aromatic carbocycles. The summed E-state index contributed by atoms with van der Waals surface area (Å²) in [5.74, 6) is -0.0569. The van der Waals surface area contributed by atoms with Crippen molar-refractivity contribution in [1.29, 1.82) is 0 Å². The Hall–Kier alpha value is -1.41. The maximum Gasteiger partial charge on any atom is 0.162 e. The minimum absolute atomic E-state index is 0.0569. The van der Waals surface area contributed by atoms with Crippen molar-refractivity contribution in [3.05, 3.63) is 40.0 Å². The Morgan fingerprint density at radius 2 is 1.94 bits per heavy atom. The molecular formula is C13H12ClNO. The summed E-state index contributed by atoms with van der Waals surface area (Å²) < 4.78 is 0. The van der Waals surface area contributed by atoms with Gasteiger partial charge in [-0.2, -0.15) is 0 Å². The number of pyridine rings is 1. The Morgan fingerprint density at radius 3 is 2.56 bits per heavy atom. The maximum absolute atomic E-state index is 11.4. The number of benzene rings is 1. The van der Waals surface area contributed by atoms with Crippen LogP contribution in [0.1, 0.15) is 28.4 Å². The van der Waals surface area contributed by atoms with Gasteiger partial charge in [0.1, 0.15) is 5.15 Å². The summed E-state index contributed by atoms with van der Waals surface area (Å²) in [4.78, 5) is 15.6. The number of ketones is 1. The van der Waals surface area contributed by atoms with Crippen molar-refractivity contribution in [3.63, 3.8) is 0 Å². The zero-order chi connectivity index (χ0) is 11.9. The fourth-order valence-corrected chi connectivity index (χ4v) is 2.15. The van der Waals surface area contributed by atoms with E-state index in [0.29, 0.717) is 5.56 Å². The number of nitrogens with zero attached hydrogens (tertiary/aromatic N) is 1. The van der Waals surface area contributed by atoms with Crippen LogP contribution in [-0.4, -0.2) is 10.8 Å². The van der Waals surface area contributed by atoms with Crippen LogP contribution in [0.2, 0.25) is 5.15 Å². The van der Waals surface area contributed by atoms with Crippen LogP contribution in [-0.2, 0) is 0 Å². The molecule has 0 amide bonds. The zero-order valence-electron chi connectivity index (χ0n) is 9.47. The third-order valence-electron chi connectivity index (χ3n) is 2.59. The standard InChI is InChI=1S/C13H12ClNO/c1-7-4-8(2)12-10(5-7)6-11(9(3)16)13(14)15-12/h4-6H,1-3H3. The Balaban J connectivity index is 2.84. The van der Waals surface area contributed by atoms with Gasteiger partial charge in [0, 0.05) is 5.39 Å². The first-order chi connectivity index (χ1) is 7.49. The summed E-state index contributed by atoms with van der Waals surface area (Å²) >= 11 is 5.98. The molecule has 0 aliphatic carbocycles. The van der Waals surface area contributed by atoms with Crippen LogP contribution in [0.25, 0.3) is 10.9 Å². The Bertz CT molecular complexity index is 590. The summed E-state index contributed by atoms with van der Waals surface area (Å²) in [5, 5.41) is 1.25. The van der Waals surface area contributed by atoms with Crippen molar-refractivity contribution in [3.8, 4) is 0 Å². The van der Waals surface area contributed by atoms with E-state index in [1.165, 1.54) is 6.92 Å². The third kappa shape index (κ3) is 1.81. The van der Waals surface area contributed by atoms with E-state index in [1.54, 1.807) is 0 Å². The highest BCUT2D eigenvalue weighted by molar-refractivity contribution is 6.33. The molecule has 2 aromatic rings. The van der Waals surface area contributed by atoms with Crippen LogP contribution in [0, 0.1) is 13.8 Å². The van der Waals surface area contributed by atoms with Gasteiger partial charge >= 0.3 is 0 Å². The number of aromatic nitrogens is 1. The quantitative estimate of drug-likeness (QED) is 0.555. The van der Waals surface area contributed by atoms with Gasteiger partial charge < -0.3 is 0 Å². The molecule has 16 heavy (non-hydrogen) atoms. The van der Waals surface area contributed by atoms with Crippen molar-refractivity contribution in [2.75, 3.05) is 0 Å². The van der Waals surface area contributed by atoms with Crippen molar-refractivity contribution in [2.45, 2.75) is 20.8 Å². The van der Waals surface area contributed by atoms with E-state index in [-0.39, 0.29) is 10.9 Å². The monoisotopic (exact) mass is 233 g/mol. The van der Waals surface area contributed by atoms with E-state index in [1.807, 2.05) is 26.0 Å². The second kappa shape index (κ2) is 3.87. The number of carbonyl (C=O) groups is 1. The molecule has 0 unspecified atom stereocenters. The lowest BCUT2D eigenvalue weighted by Gasteiger charge is -2.06. The molecule has 2 nitrogen and oxygen atoms in total. The van der Waals surface area contributed by atoms with Gasteiger partial charge in [0.25, 0.3) is 0 Å². The second-order valence-corrected chi connectivity index (χ2v) is 4.39. The van der Waals surface area contributed by atoms with Gasteiger partial charge in [-0.05, 0) is 38.5 Å². The SMILES string of the molecule is CC(=O)c1cc2cc(C)cc(C)c2nc1Cl. The third-order valence-corrected chi connectivity index (χ3v) is 2.87. The molecule has 1 heterocycles. The normalized spacial score (nSPS) is 10.8. The van der Waals surface area contributed by atoms with Gasteiger partial charge in [0.15, 0.2) is 5.78 Å². The van der Waals surface area contributed by atoms with Gasteiger partial charge in [0.05, 0.1) is 11.1 Å². The molecule has 0 aliphatic rings. The molecule has 1 aromatic heterocycles. The van der Waals surface area contributed by atoms with E-state index in [0.717, 1.165) is 22.0 Å². The summed E-state index contributed by atoms with van der Waals surface area (Å²) in [5.41, 5.74) is 3.58. The summed E-state index contributed by atoms with van der Waals surface area (Å²) in [6, 6.07) is 5.88. The smallest absolute Gasteiger partial charge is 0.162 e. The number of hydrogen-bond donors (Lipinski definition) is 0. The lowest BCUT2D eigenvalue weighted by Crippen LogP contribution is -1.97. The molecule has 0 atom stereocenters. The largest absolute Gasteiger partial charge is 0.294 e. The van der Waals surface area contributed by atoms with Gasteiger partial charge in [-0.3, -0.25) is 4.79 Å². The highest BCUT2D eigenvalue weighted by Gasteiger charge is 2.10. The lowest BCUT2D eigenvalue weighted by molar-refractivity contribution is 0.101. The molecule has 0 radical (unpaired) electrons. The number of aryl methyl sites for hydroxylation is 2. The molecule has 0 saturated carbocycles. The van der Waals surface area contributed by atoms with Crippen molar-refractivity contribution in [2.24, 2.45) is 0 Å². The predicted octanol–water partition coefficient (Wildman–Crippen LogP) is 3.71. The van der Waals surface area contributed by atoms with Crippen molar-refractivity contribution >= 4 is 28.3 Å². The number of halogens is 1. The van der Waals surface area contributed by atoms with Crippen LogP contribution in [0.3, 0.4) is 0 Å². The number of carbonyl (C=O) groups excluding carboxylic acids is 1. The Labute approximate surface area is 99.3 Å². The van der Waals surface area contributed by atoms with Gasteiger partial charge in [-0.1, -0.05) is 23.2 Å². The van der Waals surface area contributed by atoms with E-state index < -0.39 is 0 Å². The fourth-order valence-electron chi connectivity index (χ4n) is 1.88. The van der Waals surface area contributed by atoms with E-state index in [9.17, 15) is 4.79 Å². The summed E-state index contributed by atoms with van der Waals surface area (Å²) in [7, 11) is 0. The molecular weight excluding hydrogens is 222 g/mol. The van der Waals surface area contributed by atoms with E-state index in [4.69, 9.17) is 11.6 Å². The highest BCUT2D eigenvalue weighted by Crippen LogP contribution is 2.24. The fraction of sp³-hybridized carbons (Fsp3) is 0.231. The van der Waals surface area contributed by atoms with Crippen molar-refractivity contribution in [1.82, 2.24) is 4.98 Å². The molecule has 0 spiro atoms. The topological polar surface area (TPSA) is 30.0 Å². The van der Waals surface area contributed by atoms with E-state index >= 15 is 0 Å². The van der Waals surface area contributed by atoms with Gasteiger partial charge in [0.2, 0.25) is 0 Å². The zero-order valence-corrected chi connectivity index (χ0v) is 10.2. The van der Waals surface area contributed by atoms with Crippen LogP contribution in [0.15, 0.2) is 18.2 Å². The molecule has 2 rings (SSSR count). The van der Waals surface area contributed by atoms with Crippen LogP contribution < -0.4 is 0 Å². The average Bonchev–Trinajstić information content (AvgIpc) is 2.18. The molecule has 3 heteroatoms. The van der Waals surface area contributed by atoms with Gasteiger partial charge in [-0.15, -0.1) is 0 Å². The average molecular weight is 234 g/mol. The lowest BCUT2D eigenvalue weighted by atomic mass is 10.0. The van der Waals surface area contributed by atoms with Crippen LogP contribution in [0.4, 0.5) is 0 Å². The minimum atomic E-state index is -0.0569.